The van der Waals surface area contributed by atoms with E-state index in [-0.39, 0.29) is 12.2 Å². The van der Waals surface area contributed by atoms with Crippen LogP contribution < -0.4 is 4.74 Å². The van der Waals surface area contributed by atoms with Gasteiger partial charge in [0.05, 0.1) is 19.1 Å². The molecule has 15 heavy (non-hydrogen) atoms. The van der Waals surface area contributed by atoms with E-state index in [1.807, 2.05) is 0 Å². The molecule has 78 valence electrons. The monoisotopic (exact) mass is 206 g/mol. The van der Waals surface area contributed by atoms with E-state index in [4.69, 9.17) is 4.74 Å². The third-order valence-corrected chi connectivity index (χ3v) is 2.29. The maximum Gasteiger partial charge on any atom is 0.347 e. The van der Waals surface area contributed by atoms with Crippen molar-refractivity contribution in [1.29, 1.82) is 0 Å². The molecule has 0 unspecified atom stereocenters. The zero-order chi connectivity index (χ0) is 10.8. The summed E-state index contributed by atoms with van der Waals surface area (Å²) in [6, 6.07) is 6.87. The van der Waals surface area contributed by atoms with E-state index >= 15 is 0 Å². The maximum atomic E-state index is 11.6. The molecule has 0 saturated carbocycles. The van der Waals surface area contributed by atoms with E-state index in [9.17, 15) is 9.59 Å². The van der Waals surface area contributed by atoms with Crippen molar-refractivity contribution in [2.75, 3.05) is 7.11 Å². The number of hydrogen-bond donors (Lipinski definition) is 0. The Morgan fingerprint density at radius 3 is 2.93 bits per heavy atom. The van der Waals surface area contributed by atoms with Gasteiger partial charge in [-0.3, -0.25) is 4.79 Å². The van der Waals surface area contributed by atoms with Crippen molar-refractivity contribution in [3.05, 3.63) is 29.8 Å². The van der Waals surface area contributed by atoms with Crippen LogP contribution in [0.5, 0.6) is 5.75 Å². The Bertz CT molecular complexity index is 411. The van der Waals surface area contributed by atoms with Gasteiger partial charge in [-0.05, 0) is 12.1 Å². The molecule has 0 saturated heterocycles. The second-order valence-electron chi connectivity index (χ2n) is 3.25. The molecule has 0 N–H and O–H groups in total. The molecule has 1 aromatic carbocycles. The highest BCUT2D eigenvalue weighted by Gasteiger charge is 2.31. The lowest BCUT2D eigenvalue weighted by molar-refractivity contribution is -0.148. The molecule has 0 aromatic heterocycles. The summed E-state index contributed by atoms with van der Waals surface area (Å²) in [7, 11) is 1.27. The van der Waals surface area contributed by atoms with Crippen molar-refractivity contribution in [2.24, 2.45) is 0 Å². The number of hydrogen-bond acceptors (Lipinski definition) is 4. The number of Topliss-reactive ketones (excluding diaryl/α,β-unsaturated/α-hetero) is 1. The van der Waals surface area contributed by atoms with E-state index in [2.05, 4.69) is 4.74 Å². The molecule has 0 spiro atoms. The van der Waals surface area contributed by atoms with Crippen LogP contribution in [0.4, 0.5) is 0 Å². The van der Waals surface area contributed by atoms with Crippen LogP contribution in [-0.2, 0) is 9.53 Å². The number of fused-ring (bicyclic) bond motifs is 1. The normalized spacial score (nSPS) is 19.0. The number of esters is 1. The van der Waals surface area contributed by atoms with Crippen LogP contribution in [0, 0.1) is 0 Å². The van der Waals surface area contributed by atoms with Gasteiger partial charge in [0.25, 0.3) is 0 Å². The van der Waals surface area contributed by atoms with Crippen LogP contribution in [0.1, 0.15) is 16.8 Å². The second kappa shape index (κ2) is 3.73. The van der Waals surface area contributed by atoms with Gasteiger partial charge in [0.15, 0.2) is 5.78 Å². The molecule has 0 amide bonds. The Kier molecular flexibility index (Phi) is 2.41. The fourth-order valence-electron chi connectivity index (χ4n) is 1.54. The van der Waals surface area contributed by atoms with E-state index in [1.165, 1.54) is 7.11 Å². The molecule has 1 aromatic rings. The Balaban J connectivity index is 2.30. The minimum absolute atomic E-state index is 0.0453. The first kappa shape index (κ1) is 9.71. The van der Waals surface area contributed by atoms with Crippen molar-refractivity contribution in [1.82, 2.24) is 0 Å². The van der Waals surface area contributed by atoms with Gasteiger partial charge < -0.3 is 9.47 Å². The summed E-state index contributed by atoms with van der Waals surface area (Å²) in [5.74, 6) is -0.158. The average Bonchev–Trinajstić information content (AvgIpc) is 2.28. The molecule has 4 nitrogen and oxygen atoms in total. The molecule has 0 radical (unpaired) electrons. The SMILES string of the molecule is COC(=O)[C@H]1CC(=O)c2ccccc2O1. The number of ketones is 1. The smallest absolute Gasteiger partial charge is 0.347 e. The number of rotatable bonds is 1. The van der Waals surface area contributed by atoms with Crippen LogP contribution in [0.2, 0.25) is 0 Å². The maximum absolute atomic E-state index is 11.6. The summed E-state index contributed by atoms with van der Waals surface area (Å²) in [4.78, 5) is 22.9. The first-order valence-electron chi connectivity index (χ1n) is 4.59. The number of methoxy groups -OCH3 is 1. The average molecular weight is 206 g/mol. The number of ether oxygens (including phenoxy) is 2. The molecule has 1 aliphatic heterocycles. The van der Waals surface area contributed by atoms with Gasteiger partial charge in [-0.2, -0.15) is 0 Å². The lowest BCUT2D eigenvalue weighted by atomic mass is 10.0. The van der Waals surface area contributed by atoms with Crippen molar-refractivity contribution in [2.45, 2.75) is 12.5 Å². The molecular formula is C11H10O4. The van der Waals surface area contributed by atoms with Gasteiger partial charge in [0.2, 0.25) is 6.10 Å². The predicted molar refractivity (Wildman–Crippen MR) is 51.8 cm³/mol. The molecule has 1 heterocycles. The molecule has 4 heteroatoms. The van der Waals surface area contributed by atoms with Crippen LogP contribution in [-0.4, -0.2) is 25.0 Å². The summed E-state index contributed by atoms with van der Waals surface area (Å²) in [5, 5.41) is 0. The zero-order valence-electron chi connectivity index (χ0n) is 8.23. The van der Waals surface area contributed by atoms with Crippen molar-refractivity contribution in [3.8, 4) is 5.75 Å². The van der Waals surface area contributed by atoms with Gasteiger partial charge in [-0.1, -0.05) is 12.1 Å². The molecule has 1 aliphatic rings. The molecule has 0 fully saturated rings. The van der Waals surface area contributed by atoms with E-state index in [0.717, 1.165) is 0 Å². The molecule has 0 bridgehead atoms. The molecular weight excluding hydrogens is 196 g/mol. The summed E-state index contributed by atoms with van der Waals surface area (Å²) in [6.07, 6.45) is -0.763. The van der Waals surface area contributed by atoms with Crippen molar-refractivity contribution >= 4 is 11.8 Å². The van der Waals surface area contributed by atoms with E-state index < -0.39 is 12.1 Å². The quantitative estimate of drug-likeness (QED) is 0.648. The second-order valence-corrected chi connectivity index (χ2v) is 3.25. The molecule has 1 atom stereocenters. The van der Waals surface area contributed by atoms with E-state index in [1.54, 1.807) is 24.3 Å². The first-order chi connectivity index (χ1) is 7.22. The minimum Gasteiger partial charge on any atom is -0.477 e. The largest absolute Gasteiger partial charge is 0.477 e. The first-order valence-corrected chi connectivity index (χ1v) is 4.59. The highest BCUT2D eigenvalue weighted by Crippen LogP contribution is 2.27. The minimum atomic E-state index is -0.808. The molecule has 2 rings (SSSR count). The zero-order valence-corrected chi connectivity index (χ0v) is 8.23. The molecule has 0 aliphatic carbocycles. The summed E-state index contributed by atoms with van der Waals surface area (Å²) in [5.41, 5.74) is 0.526. The third-order valence-electron chi connectivity index (χ3n) is 2.29. The number of carbonyl (C=O) groups is 2. The fourth-order valence-corrected chi connectivity index (χ4v) is 1.54. The Hall–Kier alpha value is -1.84. The van der Waals surface area contributed by atoms with Crippen LogP contribution in [0.25, 0.3) is 0 Å². The van der Waals surface area contributed by atoms with Gasteiger partial charge >= 0.3 is 5.97 Å². The van der Waals surface area contributed by atoms with Crippen LogP contribution >= 0.6 is 0 Å². The predicted octanol–water partition coefficient (Wildman–Crippen LogP) is 1.19. The Morgan fingerprint density at radius 1 is 1.47 bits per heavy atom. The third kappa shape index (κ3) is 1.70. The highest BCUT2D eigenvalue weighted by molar-refractivity contribution is 6.02. The lowest BCUT2D eigenvalue weighted by Gasteiger charge is -2.22. The van der Waals surface area contributed by atoms with Crippen LogP contribution in [0.15, 0.2) is 24.3 Å². The van der Waals surface area contributed by atoms with Crippen molar-refractivity contribution < 1.29 is 19.1 Å². The van der Waals surface area contributed by atoms with Gasteiger partial charge in [-0.25, -0.2) is 4.79 Å². The van der Waals surface area contributed by atoms with Gasteiger partial charge in [0, 0.05) is 0 Å². The fraction of sp³-hybridized carbons (Fsp3) is 0.273. The number of benzene rings is 1. The van der Waals surface area contributed by atoms with E-state index in [0.29, 0.717) is 11.3 Å². The topological polar surface area (TPSA) is 52.6 Å². The standard InChI is InChI=1S/C11H10O4/c1-14-11(13)10-6-8(12)7-4-2-3-5-9(7)15-10/h2-5,10H,6H2,1H3/t10-/m1/s1. The highest BCUT2D eigenvalue weighted by atomic mass is 16.6. The van der Waals surface area contributed by atoms with Gasteiger partial charge in [0.1, 0.15) is 5.75 Å². The lowest BCUT2D eigenvalue weighted by Crippen LogP contribution is -2.34. The van der Waals surface area contributed by atoms with Gasteiger partial charge in [-0.15, -0.1) is 0 Å². The summed E-state index contributed by atoms with van der Waals surface area (Å²) >= 11 is 0. The Labute approximate surface area is 86.8 Å². The Morgan fingerprint density at radius 2 is 2.20 bits per heavy atom. The van der Waals surface area contributed by atoms with Crippen LogP contribution in [0.3, 0.4) is 0 Å². The number of carbonyl (C=O) groups excluding carboxylic acids is 2. The summed E-state index contributed by atoms with van der Waals surface area (Å²) < 4.78 is 9.90. The summed E-state index contributed by atoms with van der Waals surface area (Å²) in [6.45, 7) is 0. The number of para-hydroxylation sites is 1. The van der Waals surface area contributed by atoms with Crippen molar-refractivity contribution in [3.63, 3.8) is 0 Å².